The van der Waals surface area contributed by atoms with Crippen molar-refractivity contribution in [2.24, 2.45) is 10.4 Å². The summed E-state index contributed by atoms with van der Waals surface area (Å²) in [5, 5.41) is 8.57. The van der Waals surface area contributed by atoms with Crippen molar-refractivity contribution >= 4 is 11.9 Å². The van der Waals surface area contributed by atoms with Crippen molar-refractivity contribution in [3.05, 3.63) is 0 Å². The lowest BCUT2D eigenvalue weighted by atomic mass is 9.89. The number of carbonyl (C=O) groups is 1. The Balaban J connectivity index is 2.42. The summed E-state index contributed by atoms with van der Waals surface area (Å²) in [4.78, 5) is 14.3. The molecular weight excluding hydrogens is 170 g/mol. The van der Waals surface area contributed by atoms with E-state index in [1.54, 1.807) is 0 Å². The fraction of sp³-hybridized carbons (Fsp3) is 0.778. The largest absolute Gasteiger partial charge is 0.474 e. The standard InChI is InChI=1S/C9H15NO3/c1-9(2,3)4-6-5-10-7(13-6)8(11)12/h6H,4-5H2,1-3H3,(H,11,12). The van der Waals surface area contributed by atoms with E-state index in [1.807, 2.05) is 0 Å². The van der Waals surface area contributed by atoms with Crippen molar-refractivity contribution in [1.29, 1.82) is 0 Å². The number of ether oxygens (including phenoxy) is 1. The molecule has 0 aliphatic carbocycles. The molecule has 0 fully saturated rings. The Hall–Kier alpha value is -1.06. The van der Waals surface area contributed by atoms with Crippen molar-refractivity contribution in [3.63, 3.8) is 0 Å². The molecule has 13 heavy (non-hydrogen) atoms. The van der Waals surface area contributed by atoms with Gasteiger partial charge < -0.3 is 9.84 Å². The molecule has 0 aromatic rings. The lowest BCUT2D eigenvalue weighted by Crippen LogP contribution is -2.23. The van der Waals surface area contributed by atoms with Crippen LogP contribution < -0.4 is 0 Å². The van der Waals surface area contributed by atoms with Crippen molar-refractivity contribution in [2.75, 3.05) is 6.54 Å². The molecule has 1 atom stereocenters. The van der Waals surface area contributed by atoms with Gasteiger partial charge in [0.1, 0.15) is 6.10 Å². The molecule has 0 saturated heterocycles. The normalized spacial score (nSPS) is 22.4. The zero-order chi connectivity index (χ0) is 10.1. The maximum absolute atomic E-state index is 10.5. The summed E-state index contributed by atoms with van der Waals surface area (Å²) in [7, 11) is 0. The predicted octanol–water partition coefficient (Wildman–Crippen LogP) is 1.30. The third-order valence-electron chi connectivity index (χ3n) is 1.74. The van der Waals surface area contributed by atoms with Crippen molar-refractivity contribution in [2.45, 2.75) is 33.3 Å². The second kappa shape index (κ2) is 3.36. The first-order chi connectivity index (χ1) is 5.88. The molecule has 74 valence electrons. The average Bonchev–Trinajstić information content (AvgIpc) is 2.31. The Morgan fingerprint density at radius 3 is 2.69 bits per heavy atom. The van der Waals surface area contributed by atoms with Crippen LogP contribution in [0.4, 0.5) is 0 Å². The predicted molar refractivity (Wildman–Crippen MR) is 48.9 cm³/mol. The summed E-state index contributed by atoms with van der Waals surface area (Å²) >= 11 is 0. The number of aliphatic carboxylic acids is 1. The fourth-order valence-electron chi connectivity index (χ4n) is 1.32. The third-order valence-corrected chi connectivity index (χ3v) is 1.74. The quantitative estimate of drug-likeness (QED) is 0.705. The van der Waals surface area contributed by atoms with Gasteiger partial charge in [-0.15, -0.1) is 0 Å². The van der Waals surface area contributed by atoms with Crippen LogP contribution in [0.5, 0.6) is 0 Å². The number of carboxylic acids is 1. The first-order valence-corrected chi connectivity index (χ1v) is 4.33. The minimum atomic E-state index is -1.07. The minimum Gasteiger partial charge on any atom is -0.474 e. The van der Waals surface area contributed by atoms with E-state index < -0.39 is 5.97 Å². The second-order valence-electron chi connectivity index (χ2n) is 4.46. The van der Waals surface area contributed by atoms with Crippen LogP contribution in [0.1, 0.15) is 27.2 Å². The third kappa shape index (κ3) is 3.05. The SMILES string of the molecule is CC(C)(C)CC1CN=C(C(=O)O)O1. The van der Waals surface area contributed by atoms with Gasteiger partial charge in [-0.3, -0.25) is 0 Å². The van der Waals surface area contributed by atoms with Gasteiger partial charge in [0.25, 0.3) is 5.90 Å². The fourth-order valence-corrected chi connectivity index (χ4v) is 1.32. The monoisotopic (exact) mass is 185 g/mol. The van der Waals surface area contributed by atoms with Crippen LogP contribution in [0.2, 0.25) is 0 Å². The maximum Gasteiger partial charge on any atom is 0.391 e. The Bertz CT molecular complexity index is 240. The van der Waals surface area contributed by atoms with Gasteiger partial charge in [-0.05, 0) is 11.8 Å². The van der Waals surface area contributed by atoms with E-state index in [1.165, 1.54) is 0 Å². The lowest BCUT2D eigenvalue weighted by molar-refractivity contribution is -0.131. The van der Waals surface area contributed by atoms with Crippen molar-refractivity contribution in [1.82, 2.24) is 0 Å². The van der Waals surface area contributed by atoms with E-state index in [0.29, 0.717) is 6.54 Å². The molecule has 4 nitrogen and oxygen atoms in total. The average molecular weight is 185 g/mol. The zero-order valence-corrected chi connectivity index (χ0v) is 8.20. The number of hydrogen-bond donors (Lipinski definition) is 1. The first kappa shape index (κ1) is 10.0. The molecule has 0 spiro atoms. The van der Waals surface area contributed by atoms with E-state index in [4.69, 9.17) is 9.84 Å². The summed E-state index contributed by atoms with van der Waals surface area (Å²) in [6.07, 6.45) is 0.763. The van der Waals surface area contributed by atoms with E-state index in [2.05, 4.69) is 25.8 Å². The zero-order valence-electron chi connectivity index (χ0n) is 8.20. The topological polar surface area (TPSA) is 58.9 Å². The smallest absolute Gasteiger partial charge is 0.391 e. The highest BCUT2D eigenvalue weighted by molar-refractivity contribution is 6.32. The van der Waals surface area contributed by atoms with E-state index >= 15 is 0 Å². The molecule has 0 aromatic heterocycles. The van der Waals surface area contributed by atoms with Crippen LogP contribution in [0.3, 0.4) is 0 Å². The van der Waals surface area contributed by atoms with Crippen LogP contribution in [-0.4, -0.2) is 29.6 Å². The number of aliphatic imine (C=N–C) groups is 1. The number of rotatable bonds is 2. The van der Waals surface area contributed by atoms with Gasteiger partial charge in [0.2, 0.25) is 0 Å². The molecule has 0 radical (unpaired) electrons. The molecule has 1 aliphatic heterocycles. The second-order valence-corrected chi connectivity index (χ2v) is 4.46. The Morgan fingerprint density at radius 1 is 1.69 bits per heavy atom. The molecule has 4 heteroatoms. The lowest BCUT2D eigenvalue weighted by Gasteiger charge is -2.21. The first-order valence-electron chi connectivity index (χ1n) is 4.33. The summed E-state index contributed by atoms with van der Waals surface area (Å²) in [5.41, 5.74) is 0.147. The molecule has 1 aliphatic rings. The highest BCUT2D eigenvalue weighted by Crippen LogP contribution is 2.24. The molecule has 1 N–H and O–H groups in total. The van der Waals surface area contributed by atoms with Crippen LogP contribution in [-0.2, 0) is 9.53 Å². The molecule has 0 aromatic carbocycles. The van der Waals surface area contributed by atoms with Crippen LogP contribution in [0, 0.1) is 5.41 Å². The summed E-state index contributed by atoms with van der Waals surface area (Å²) in [6, 6.07) is 0. The number of nitrogens with zero attached hydrogens (tertiary/aromatic N) is 1. The molecular formula is C9H15NO3. The van der Waals surface area contributed by atoms with E-state index in [9.17, 15) is 4.79 Å². The van der Waals surface area contributed by atoms with Crippen molar-refractivity contribution < 1.29 is 14.6 Å². The van der Waals surface area contributed by atoms with Gasteiger partial charge in [-0.1, -0.05) is 20.8 Å². The summed E-state index contributed by atoms with van der Waals surface area (Å²) < 4.78 is 5.15. The molecule has 1 unspecified atom stereocenters. The highest BCUT2D eigenvalue weighted by atomic mass is 16.5. The molecule has 0 amide bonds. The Morgan fingerprint density at radius 2 is 2.31 bits per heavy atom. The van der Waals surface area contributed by atoms with E-state index in [-0.39, 0.29) is 17.4 Å². The summed E-state index contributed by atoms with van der Waals surface area (Å²) in [5.74, 6) is -1.22. The molecule has 0 bridgehead atoms. The van der Waals surface area contributed by atoms with Gasteiger partial charge in [-0.25, -0.2) is 9.79 Å². The van der Waals surface area contributed by atoms with Crippen LogP contribution in [0.25, 0.3) is 0 Å². The molecule has 0 saturated carbocycles. The summed E-state index contributed by atoms with van der Waals surface area (Å²) in [6.45, 7) is 6.75. The maximum atomic E-state index is 10.5. The van der Waals surface area contributed by atoms with Crippen molar-refractivity contribution in [3.8, 4) is 0 Å². The highest BCUT2D eigenvalue weighted by Gasteiger charge is 2.28. The van der Waals surface area contributed by atoms with E-state index in [0.717, 1.165) is 6.42 Å². The van der Waals surface area contributed by atoms with Gasteiger partial charge in [0.15, 0.2) is 0 Å². The Labute approximate surface area is 77.6 Å². The Kier molecular flexibility index (Phi) is 2.59. The number of hydrogen-bond acceptors (Lipinski definition) is 3. The minimum absolute atomic E-state index is 0.0638. The van der Waals surface area contributed by atoms with Crippen LogP contribution in [0.15, 0.2) is 4.99 Å². The molecule has 1 rings (SSSR count). The van der Waals surface area contributed by atoms with Gasteiger partial charge >= 0.3 is 5.97 Å². The van der Waals surface area contributed by atoms with Gasteiger partial charge in [0, 0.05) is 0 Å². The van der Waals surface area contributed by atoms with Crippen LogP contribution >= 0.6 is 0 Å². The number of carboxylic acid groups (broad SMARTS) is 1. The molecule has 1 heterocycles. The van der Waals surface area contributed by atoms with Gasteiger partial charge in [-0.2, -0.15) is 0 Å². The van der Waals surface area contributed by atoms with Gasteiger partial charge in [0.05, 0.1) is 6.54 Å².